The van der Waals surface area contributed by atoms with Crippen LogP contribution in [-0.4, -0.2) is 56.6 Å². The summed E-state index contributed by atoms with van der Waals surface area (Å²) in [4.78, 5) is 51.3. The van der Waals surface area contributed by atoms with Gasteiger partial charge in [-0.25, -0.2) is 19.6 Å². The first-order valence-corrected chi connectivity index (χ1v) is 13.0. The van der Waals surface area contributed by atoms with Crippen LogP contribution in [0.4, 0.5) is 23.8 Å². The van der Waals surface area contributed by atoms with E-state index in [1.165, 1.54) is 12.1 Å². The number of H-pyrrole nitrogens is 1. The van der Waals surface area contributed by atoms with Crippen molar-refractivity contribution in [1.29, 1.82) is 0 Å². The summed E-state index contributed by atoms with van der Waals surface area (Å²) >= 11 is 0. The van der Waals surface area contributed by atoms with E-state index in [1.54, 1.807) is 44.7 Å². The van der Waals surface area contributed by atoms with E-state index >= 15 is 0 Å². The zero-order valence-electron chi connectivity index (χ0n) is 23.0. The molecule has 2 N–H and O–H groups in total. The lowest BCUT2D eigenvalue weighted by atomic mass is 10.1. The Balaban J connectivity index is 1.59. The smallest absolute Gasteiger partial charge is 0.416 e. The highest BCUT2D eigenvalue weighted by Crippen LogP contribution is 2.35. The third-order valence-corrected chi connectivity index (χ3v) is 6.15. The molecule has 0 spiro atoms. The number of nitrogens with one attached hydrogen (secondary N) is 2. The van der Waals surface area contributed by atoms with Gasteiger partial charge in [0.1, 0.15) is 22.9 Å². The van der Waals surface area contributed by atoms with Crippen molar-refractivity contribution in [3.63, 3.8) is 0 Å². The number of pyridine rings is 1. The normalized spacial score (nSPS) is 15.5. The van der Waals surface area contributed by atoms with Crippen LogP contribution in [0.3, 0.4) is 0 Å². The fourth-order valence-corrected chi connectivity index (χ4v) is 4.34. The molecular formula is C28H30F3N5O5. The zero-order valence-corrected chi connectivity index (χ0v) is 23.0. The largest absolute Gasteiger partial charge is 0.461 e. The van der Waals surface area contributed by atoms with Gasteiger partial charge in [0.15, 0.2) is 5.69 Å². The van der Waals surface area contributed by atoms with Crippen molar-refractivity contribution in [3.8, 4) is 11.3 Å². The van der Waals surface area contributed by atoms with Crippen molar-refractivity contribution in [2.75, 3.05) is 18.5 Å². The number of alkyl halides is 3. The van der Waals surface area contributed by atoms with Crippen LogP contribution in [0.15, 0.2) is 42.6 Å². The van der Waals surface area contributed by atoms with Gasteiger partial charge in [-0.2, -0.15) is 13.2 Å². The van der Waals surface area contributed by atoms with Crippen LogP contribution >= 0.6 is 0 Å². The number of imidazole rings is 1. The average Bonchev–Trinajstić information content (AvgIpc) is 3.55. The summed E-state index contributed by atoms with van der Waals surface area (Å²) in [6, 6.07) is 7.11. The third-order valence-electron chi connectivity index (χ3n) is 6.15. The minimum atomic E-state index is -4.58. The van der Waals surface area contributed by atoms with E-state index in [2.05, 4.69) is 20.3 Å². The standard InChI is InChI=1S/C28H30F3N5O5/c1-5-40-25(38)22-21(34-23(35-22)19-7-6-14-36(19)26(39)41-27(2,3)4)16-8-10-17(11-9-16)24(37)33-20-15-18(12-13-32-20)28(29,30)31/h8-13,15,19H,5-7,14H2,1-4H3,(H,34,35)(H,32,33,37)/t19-/m0/s1. The Morgan fingerprint density at radius 3 is 2.46 bits per heavy atom. The van der Waals surface area contributed by atoms with Crippen molar-refractivity contribution >= 4 is 23.8 Å². The number of hydrogen-bond donors (Lipinski definition) is 2. The van der Waals surface area contributed by atoms with Gasteiger partial charge in [0.25, 0.3) is 5.91 Å². The van der Waals surface area contributed by atoms with Gasteiger partial charge in [-0.3, -0.25) is 9.69 Å². The summed E-state index contributed by atoms with van der Waals surface area (Å²) in [5.41, 5.74) is -0.644. The lowest BCUT2D eigenvalue weighted by molar-refractivity contribution is -0.137. The minimum Gasteiger partial charge on any atom is -0.461 e. The Bertz CT molecular complexity index is 1430. The van der Waals surface area contributed by atoms with Gasteiger partial charge in [0, 0.05) is 23.9 Å². The third kappa shape index (κ3) is 7.02. The number of rotatable bonds is 6. The Kier molecular flexibility index (Phi) is 8.36. The second-order valence-electron chi connectivity index (χ2n) is 10.4. The van der Waals surface area contributed by atoms with Gasteiger partial charge in [0.2, 0.25) is 0 Å². The molecule has 13 heteroatoms. The molecule has 41 heavy (non-hydrogen) atoms. The molecule has 0 unspecified atom stereocenters. The molecule has 1 atom stereocenters. The van der Waals surface area contributed by atoms with Crippen molar-refractivity contribution < 1.29 is 37.0 Å². The topological polar surface area (TPSA) is 127 Å². The van der Waals surface area contributed by atoms with Crippen molar-refractivity contribution in [3.05, 3.63) is 65.2 Å². The molecule has 218 valence electrons. The second-order valence-corrected chi connectivity index (χ2v) is 10.4. The first-order chi connectivity index (χ1) is 19.3. The van der Waals surface area contributed by atoms with Gasteiger partial charge >= 0.3 is 18.2 Å². The van der Waals surface area contributed by atoms with Crippen LogP contribution in [0.5, 0.6) is 0 Å². The number of ether oxygens (including phenoxy) is 2. The highest BCUT2D eigenvalue weighted by Gasteiger charge is 2.36. The monoisotopic (exact) mass is 573 g/mol. The number of carbonyl (C=O) groups is 3. The number of hydrogen-bond acceptors (Lipinski definition) is 7. The number of aromatic amines is 1. The van der Waals surface area contributed by atoms with E-state index in [1.807, 2.05) is 0 Å². The predicted molar refractivity (Wildman–Crippen MR) is 142 cm³/mol. The molecule has 1 aliphatic rings. The molecule has 0 bridgehead atoms. The number of halogens is 3. The Labute approximate surface area is 234 Å². The molecule has 0 radical (unpaired) electrons. The maximum atomic E-state index is 13.0. The highest BCUT2D eigenvalue weighted by molar-refractivity contribution is 6.04. The van der Waals surface area contributed by atoms with Crippen molar-refractivity contribution in [2.45, 2.75) is 58.4 Å². The molecule has 2 amide bonds. The minimum absolute atomic E-state index is 0.0863. The summed E-state index contributed by atoms with van der Waals surface area (Å²) in [5.74, 6) is -1.17. The molecule has 0 aliphatic carbocycles. The molecule has 4 rings (SSSR count). The van der Waals surface area contributed by atoms with Crippen LogP contribution in [0.25, 0.3) is 11.3 Å². The SMILES string of the molecule is CCOC(=O)c1[nH]c([C@@H]2CCCN2C(=O)OC(C)(C)C)nc1-c1ccc(C(=O)Nc2cc(C(F)(F)F)ccn2)cc1. The number of amides is 2. The maximum absolute atomic E-state index is 13.0. The van der Waals surface area contributed by atoms with E-state index in [0.717, 1.165) is 24.8 Å². The fraction of sp³-hybridized carbons (Fsp3) is 0.393. The summed E-state index contributed by atoms with van der Waals surface area (Å²) in [6.45, 7) is 7.60. The molecule has 1 aromatic carbocycles. The van der Waals surface area contributed by atoms with Gasteiger partial charge in [-0.05, 0) is 64.8 Å². The Morgan fingerprint density at radius 2 is 1.83 bits per heavy atom. The molecule has 1 aliphatic heterocycles. The molecule has 3 aromatic rings. The first-order valence-electron chi connectivity index (χ1n) is 13.0. The van der Waals surface area contributed by atoms with E-state index in [0.29, 0.717) is 24.4 Å². The van der Waals surface area contributed by atoms with Gasteiger partial charge in [-0.15, -0.1) is 0 Å². The van der Waals surface area contributed by atoms with Crippen molar-refractivity contribution in [1.82, 2.24) is 19.9 Å². The predicted octanol–water partition coefficient (Wildman–Crippen LogP) is 5.99. The lowest BCUT2D eigenvalue weighted by Gasteiger charge is -2.27. The Morgan fingerprint density at radius 1 is 1.12 bits per heavy atom. The molecular weight excluding hydrogens is 543 g/mol. The summed E-state index contributed by atoms with van der Waals surface area (Å²) in [7, 11) is 0. The van der Waals surface area contributed by atoms with Crippen LogP contribution in [0.1, 0.15) is 78.8 Å². The zero-order chi connectivity index (χ0) is 29.9. The van der Waals surface area contributed by atoms with Crippen LogP contribution in [0, 0.1) is 0 Å². The van der Waals surface area contributed by atoms with Crippen LogP contribution < -0.4 is 5.32 Å². The van der Waals surface area contributed by atoms with E-state index in [9.17, 15) is 27.6 Å². The number of aromatic nitrogens is 3. The van der Waals surface area contributed by atoms with Gasteiger partial charge in [0.05, 0.1) is 18.2 Å². The summed E-state index contributed by atoms with van der Waals surface area (Å²) < 4.78 is 49.7. The number of nitrogens with zero attached hydrogens (tertiary/aromatic N) is 3. The lowest BCUT2D eigenvalue weighted by Crippen LogP contribution is -2.36. The maximum Gasteiger partial charge on any atom is 0.416 e. The van der Waals surface area contributed by atoms with E-state index < -0.39 is 41.4 Å². The van der Waals surface area contributed by atoms with E-state index in [4.69, 9.17) is 9.47 Å². The number of esters is 1. The molecule has 1 saturated heterocycles. The van der Waals surface area contributed by atoms with Crippen LogP contribution in [-0.2, 0) is 15.7 Å². The summed E-state index contributed by atoms with van der Waals surface area (Å²) in [5, 5.41) is 2.35. The van der Waals surface area contributed by atoms with Crippen molar-refractivity contribution in [2.24, 2.45) is 0 Å². The highest BCUT2D eigenvalue weighted by atomic mass is 19.4. The number of likely N-dealkylation sites (tertiary alicyclic amines) is 1. The number of anilines is 1. The number of benzene rings is 1. The quantitative estimate of drug-likeness (QED) is 0.347. The van der Waals surface area contributed by atoms with Crippen LogP contribution in [0.2, 0.25) is 0 Å². The Hall–Kier alpha value is -4.42. The molecule has 0 saturated carbocycles. The molecule has 1 fully saturated rings. The fourth-order valence-electron chi connectivity index (χ4n) is 4.34. The van der Waals surface area contributed by atoms with E-state index in [-0.39, 0.29) is 29.4 Å². The molecule has 3 heterocycles. The molecule has 10 nitrogen and oxygen atoms in total. The van der Waals surface area contributed by atoms with Gasteiger partial charge < -0.3 is 19.8 Å². The first kappa shape index (κ1) is 29.6. The number of carbonyl (C=O) groups excluding carboxylic acids is 3. The molecule has 2 aromatic heterocycles. The second kappa shape index (κ2) is 11.6. The summed E-state index contributed by atoms with van der Waals surface area (Å²) in [6.07, 6.45) is -2.77. The van der Waals surface area contributed by atoms with Gasteiger partial charge in [-0.1, -0.05) is 12.1 Å². The average molecular weight is 574 g/mol.